The first-order valence-corrected chi connectivity index (χ1v) is 1.58. The highest BCUT2D eigenvalue weighted by atomic mass is 16.5. The van der Waals surface area contributed by atoms with Crippen LogP contribution in [0.3, 0.4) is 0 Å². The van der Waals surface area contributed by atoms with Crippen LogP contribution in [0.5, 0.6) is 0 Å². The van der Waals surface area contributed by atoms with Gasteiger partial charge in [0, 0.05) is 0 Å². The molecule has 1 N–H and O–H groups in total. The van der Waals surface area contributed by atoms with E-state index in [1.54, 1.807) is 0 Å². The molecule has 0 heterocycles. The lowest BCUT2D eigenvalue weighted by molar-refractivity contribution is -0.129. The minimum Gasteiger partial charge on any atom is -0.411 e. The van der Waals surface area contributed by atoms with Crippen LogP contribution in [0.4, 0.5) is 0 Å². The fourth-order valence-electron chi connectivity index (χ4n) is 0.118. The lowest BCUT2D eigenvalue weighted by Crippen LogP contribution is -1.99. The average molecular weight is 114 g/mol. The fourth-order valence-corrected chi connectivity index (χ4v) is 0.118. The molecule has 0 saturated carbocycles. The summed E-state index contributed by atoms with van der Waals surface area (Å²) in [5, 5.41) is 17.6. The predicted molar refractivity (Wildman–Crippen MR) is 22.0 cm³/mol. The Balaban J connectivity index is 3.53. The van der Waals surface area contributed by atoms with E-state index in [0.717, 1.165) is 6.26 Å². The van der Waals surface area contributed by atoms with Crippen molar-refractivity contribution in [3.63, 3.8) is 0 Å². The van der Waals surface area contributed by atoms with Crippen molar-refractivity contribution in [1.82, 2.24) is 0 Å². The quantitative estimate of drug-likeness (QED) is 0.163. The van der Waals surface area contributed by atoms with Crippen molar-refractivity contribution < 1.29 is 14.7 Å². The van der Waals surface area contributed by atoms with Crippen LogP contribution in [0.1, 0.15) is 0 Å². The van der Waals surface area contributed by atoms with Gasteiger partial charge in [-0.2, -0.15) is 0 Å². The van der Waals surface area contributed by atoms with Crippen LogP contribution in [-0.2, 0) is 9.53 Å². The summed E-state index contributed by atoms with van der Waals surface area (Å²) in [7, 11) is 0. The third-order valence-electron chi connectivity index (χ3n) is 0.309. The zero-order valence-corrected chi connectivity index (χ0v) is 3.74. The molecule has 0 spiro atoms. The maximum atomic E-state index is 9.89. The van der Waals surface area contributed by atoms with Crippen LogP contribution >= 0.6 is 0 Å². The van der Waals surface area contributed by atoms with Crippen LogP contribution in [0.25, 0.3) is 0 Å². The molecular formula is C3H2N2O3. The highest BCUT2D eigenvalue weighted by molar-refractivity contribution is 6.23. The van der Waals surface area contributed by atoms with Crippen LogP contribution < -0.4 is 0 Å². The van der Waals surface area contributed by atoms with Crippen molar-refractivity contribution in [2.75, 3.05) is 0 Å². The number of esters is 1. The van der Waals surface area contributed by atoms with Gasteiger partial charge in [0.15, 0.2) is 6.21 Å². The molecule has 0 fully saturated rings. The monoisotopic (exact) mass is 114 g/mol. The number of oxime groups is 1. The van der Waals surface area contributed by atoms with Crippen molar-refractivity contribution in [2.45, 2.75) is 0 Å². The van der Waals surface area contributed by atoms with Crippen molar-refractivity contribution in [2.24, 2.45) is 5.16 Å². The molecule has 0 saturated heterocycles. The molecule has 0 unspecified atom stereocenters. The van der Waals surface area contributed by atoms with Gasteiger partial charge < -0.3 is 9.94 Å². The summed E-state index contributed by atoms with van der Waals surface area (Å²) in [5.74, 6) is -0.991. The van der Waals surface area contributed by atoms with Gasteiger partial charge in [-0.05, 0) is 0 Å². The zero-order chi connectivity index (χ0) is 6.41. The smallest absolute Gasteiger partial charge is 0.368 e. The first-order chi connectivity index (χ1) is 3.81. The predicted octanol–water partition coefficient (Wildman–Crippen LogP) is -0.529. The molecule has 0 aromatic carbocycles. The van der Waals surface area contributed by atoms with Crippen molar-refractivity contribution in [3.05, 3.63) is 0 Å². The number of hydrogen-bond acceptors (Lipinski definition) is 5. The summed E-state index contributed by atoms with van der Waals surface area (Å²) in [4.78, 5) is 9.89. The van der Waals surface area contributed by atoms with Gasteiger partial charge in [-0.25, -0.2) is 4.79 Å². The largest absolute Gasteiger partial charge is 0.411 e. The van der Waals surface area contributed by atoms with Crippen molar-refractivity contribution in [1.29, 1.82) is 5.26 Å². The molecule has 0 radical (unpaired) electrons. The second-order valence-corrected chi connectivity index (χ2v) is 0.757. The van der Waals surface area contributed by atoms with E-state index in [-0.39, 0.29) is 0 Å². The summed E-state index contributed by atoms with van der Waals surface area (Å²) in [6.07, 6.45) is 1.58. The van der Waals surface area contributed by atoms with E-state index < -0.39 is 5.97 Å². The molecule has 0 aromatic rings. The molecule has 5 nitrogen and oxygen atoms in total. The molecule has 0 amide bonds. The maximum Gasteiger partial charge on any atom is 0.368 e. The van der Waals surface area contributed by atoms with E-state index >= 15 is 0 Å². The minimum absolute atomic E-state index is 0.475. The SMILES string of the molecule is N#COC(=O)C=NO. The van der Waals surface area contributed by atoms with Gasteiger partial charge in [-0.3, -0.25) is 0 Å². The summed E-state index contributed by atoms with van der Waals surface area (Å²) in [6, 6.07) is 0. The number of ether oxygens (including phenoxy) is 1. The minimum atomic E-state index is -0.991. The Bertz CT molecular complexity index is 145. The second kappa shape index (κ2) is 3.61. The third kappa shape index (κ3) is 2.66. The van der Waals surface area contributed by atoms with Gasteiger partial charge in [-0.1, -0.05) is 5.16 Å². The van der Waals surface area contributed by atoms with Gasteiger partial charge in [-0.15, -0.1) is 5.26 Å². The van der Waals surface area contributed by atoms with Crippen LogP contribution in [0, 0.1) is 11.5 Å². The van der Waals surface area contributed by atoms with Gasteiger partial charge >= 0.3 is 5.97 Å². The Morgan fingerprint density at radius 3 is 3.00 bits per heavy atom. The summed E-state index contributed by atoms with van der Waals surface area (Å²) < 4.78 is 3.64. The van der Waals surface area contributed by atoms with E-state index in [1.807, 2.05) is 0 Å². The third-order valence-corrected chi connectivity index (χ3v) is 0.309. The molecular weight excluding hydrogens is 112 g/mol. The number of hydrogen-bond donors (Lipinski definition) is 1. The van der Waals surface area contributed by atoms with Crippen LogP contribution in [-0.4, -0.2) is 17.4 Å². The highest BCUT2D eigenvalue weighted by Gasteiger charge is 1.92. The highest BCUT2D eigenvalue weighted by Crippen LogP contribution is 1.66. The zero-order valence-electron chi connectivity index (χ0n) is 3.74. The van der Waals surface area contributed by atoms with E-state index in [9.17, 15) is 4.79 Å². The van der Waals surface area contributed by atoms with Crippen molar-refractivity contribution in [3.8, 4) is 6.26 Å². The Kier molecular flexibility index (Phi) is 2.90. The summed E-state index contributed by atoms with van der Waals surface area (Å²) in [5.41, 5.74) is 0. The number of nitrogens with zero attached hydrogens (tertiary/aromatic N) is 2. The Morgan fingerprint density at radius 2 is 2.62 bits per heavy atom. The lowest BCUT2D eigenvalue weighted by atomic mass is 10.8. The van der Waals surface area contributed by atoms with E-state index in [2.05, 4.69) is 9.89 Å². The van der Waals surface area contributed by atoms with Crippen LogP contribution in [0.15, 0.2) is 5.16 Å². The Labute approximate surface area is 44.8 Å². The van der Waals surface area contributed by atoms with Gasteiger partial charge in [0.1, 0.15) is 0 Å². The van der Waals surface area contributed by atoms with Gasteiger partial charge in [0.2, 0.25) is 0 Å². The molecule has 5 heteroatoms. The lowest BCUT2D eigenvalue weighted by Gasteiger charge is -1.78. The number of carbonyl (C=O) groups excluding carboxylic acids is 1. The second-order valence-electron chi connectivity index (χ2n) is 0.757. The van der Waals surface area contributed by atoms with Gasteiger partial charge in [0.25, 0.3) is 6.26 Å². The first kappa shape index (κ1) is 6.43. The molecule has 0 atom stereocenters. The average Bonchev–Trinajstić information content (AvgIpc) is 1.68. The molecule has 0 aliphatic rings. The Hall–Kier alpha value is -1.57. The molecule has 0 rings (SSSR count). The van der Waals surface area contributed by atoms with Crippen LogP contribution in [0.2, 0.25) is 0 Å². The number of nitriles is 1. The van der Waals surface area contributed by atoms with E-state index in [1.165, 1.54) is 0 Å². The summed E-state index contributed by atoms with van der Waals surface area (Å²) >= 11 is 0. The molecule has 0 aliphatic carbocycles. The Morgan fingerprint density at radius 1 is 2.00 bits per heavy atom. The summed E-state index contributed by atoms with van der Waals surface area (Å²) in [6.45, 7) is 0. The fraction of sp³-hybridized carbons (Fsp3) is 0. The topological polar surface area (TPSA) is 82.7 Å². The van der Waals surface area contributed by atoms with Crippen molar-refractivity contribution >= 4 is 12.2 Å². The van der Waals surface area contributed by atoms with E-state index in [4.69, 9.17) is 10.5 Å². The molecule has 0 aromatic heterocycles. The van der Waals surface area contributed by atoms with E-state index in [0.29, 0.717) is 6.21 Å². The number of carbonyl (C=O) groups is 1. The van der Waals surface area contributed by atoms with Gasteiger partial charge in [0.05, 0.1) is 0 Å². The molecule has 0 aliphatic heterocycles. The number of rotatable bonds is 1. The first-order valence-electron chi connectivity index (χ1n) is 1.58. The molecule has 42 valence electrons. The molecule has 0 bridgehead atoms. The maximum absolute atomic E-state index is 9.89. The molecule has 8 heavy (non-hydrogen) atoms. The normalized spacial score (nSPS) is 8.38. The standard InChI is InChI=1S/C3H2N2O3/c4-2-8-3(6)1-5-7/h1,7H.